The third kappa shape index (κ3) is 4.33. The minimum Gasteiger partial charge on any atom is -0.353 e. The van der Waals surface area contributed by atoms with Crippen LogP contribution >= 0.6 is 11.8 Å². The van der Waals surface area contributed by atoms with Gasteiger partial charge < -0.3 is 9.88 Å². The van der Waals surface area contributed by atoms with Crippen molar-refractivity contribution in [3.63, 3.8) is 0 Å². The Labute approximate surface area is 161 Å². The van der Waals surface area contributed by atoms with Gasteiger partial charge in [-0.15, -0.1) is 22.0 Å². The van der Waals surface area contributed by atoms with Gasteiger partial charge in [0.1, 0.15) is 5.82 Å². The van der Waals surface area contributed by atoms with Gasteiger partial charge in [-0.25, -0.2) is 0 Å². The summed E-state index contributed by atoms with van der Waals surface area (Å²) < 4.78 is 2.15. The van der Waals surface area contributed by atoms with E-state index in [-0.39, 0.29) is 11.9 Å². The lowest BCUT2D eigenvalue weighted by Crippen LogP contribution is -2.36. The number of aromatic nitrogens is 5. The van der Waals surface area contributed by atoms with Gasteiger partial charge in [0.15, 0.2) is 5.82 Å². The average Bonchev–Trinajstić information content (AvgIpc) is 3.02. The summed E-state index contributed by atoms with van der Waals surface area (Å²) in [6.07, 6.45) is 9.56. The molecule has 1 amide bonds. The quantitative estimate of drug-likeness (QED) is 0.684. The highest BCUT2D eigenvalue weighted by molar-refractivity contribution is 8.00. The molecule has 3 aromatic rings. The Morgan fingerprint density at radius 1 is 1.15 bits per heavy atom. The summed E-state index contributed by atoms with van der Waals surface area (Å²) in [5, 5.41) is 11.8. The molecule has 8 heteroatoms. The van der Waals surface area contributed by atoms with Gasteiger partial charge in [0.25, 0.3) is 0 Å². The lowest BCUT2D eigenvalue weighted by atomic mass is 10.1. The van der Waals surface area contributed by atoms with Gasteiger partial charge in [-0.1, -0.05) is 0 Å². The second-order valence-electron chi connectivity index (χ2n) is 6.40. The third-order valence-corrected chi connectivity index (χ3v) is 5.56. The molecule has 0 saturated carbocycles. The Hall–Kier alpha value is -2.74. The van der Waals surface area contributed by atoms with Crippen molar-refractivity contribution in [3.05, 3.63) is 54.9 Å². The average molecular weight is 380 g/mol. The fourth-order valence-corrected chi connectivity index (χ4v) is 3.89. The molecule has 1 aliphatic rings. The zero-order chi connectivity index (χ0) is 18.5. The van der Waals surface area contributed by atoms with Crippen molar-refractivity contribution in [2.24, 2.45) is 0 Å². The Bertz CT molecular complexity index is 899. The number of nitrogens with one attached hydrogen (secondary N) is 1. The molecule has 4 heterocycles. The number of fused-ring (bicyclic) bond motifs is 1. The fourth-order valence-electron chi connectivity index (χ4n) is 3.19. The molecule has 0 fully saturated rings. The molecule has 1 N–H and O–H groups in total. The number of rotatable bonds is 5. The van der Waals surface area contributed by atoms with Crippen molar-refractivity contribution in [1.29, 1.82) is 0 Å². The number of thioether (sulfide) groups is 1. The predicted molar refractivity (Wildman–Crippen MR) is 103 cm³/mol. The van der Waals surface area contributed by atoms with E-state index >= 15 is 0 Å². The molecule has 0 spiro atoms. The fraction of sp³-hybridized carbons (Fsp3) is 0.316. The van der Waals surface area contributed by atoms with E-state index in [9.17, 15) is 4.79 Å². The first-order valence-electron chi connectivity index (χ1n) is 8.94. The number of amides is 1. The molecule has 0 aromatic carbocycles. The van der Waals surface area contributed by atoms with Gasteiger partial charge in [0.05, 0.1) is 5.75 Å². The highest BCUT2D eigenvalue weighted by atomic mass is 32.2. The Kier molecular flexibility index (Phi) is 5.43. The van der Waals surface area contributed by atoms with Crippen LogP contribution in [0.25, 0.3) is 11.4 Å². The molecule has 0 aliphatic carbocycles. The highest BCUT2D eigenvalue weighted by Gasteiger charge is 2.22. The van der Waals surface area contributed by atoms with Gasteiger partial charge in [0.2, 0.25) is 5.91 Å². The number of hydrogen-bond acceptors (Lipinski definition) is 6. The molecular weight excluding hydrogens is 360 g/mol. The van der Waals surface area contributed by atoms with Crippen molar-refractivity contribution in [2.45, 2.75) is 36.7 Å². The van der Waals surface area contributed by atoms with Crippen LogP contribution < -0.4 is 5.32 Å². The van der Waals surface area contributed by atoms with E-state index in [0.29, 0.717) is 5.75 Å². The van der Waals surface area contributed by atoms with Crippen molar-refractivity contribution < 1.29 is 4.79 Å². The van der Waals surface area contributed by atoms with Crippen LogP contribution in [0.1, 0.15) is 18.7 Å². The Balaban J connectivity index is 1.35. The molecule has 0 radical (unpaired) electrons. The number of carbonyl (C=O) groups excluding carboxylic acids is 1. The Morgan fingerprint density at radius 3 is 2.85 bits per heavy atom. The molecule has 138 valence electrons. The van der Waals surface area contributed by atoms with Crippen LogP contribution in [0.15, 0.2) is 53.9 Å². The topological polar surface area (TPSA) is 85.6 Å². The monoisotopic (exact) mass is 380 g/mol. The first kappa shape index (κ1) is 17.7. The summed E-state index contributed by atoms with van der Waals surface area (Å²) in [5.41, 5.74) is 0.965. The van der Waals surface area contributed by atoms with Crippen LogP contribution in [0.5, 0.6) is 0 Å². The van der Waals surface area contributed by atoms with Gasteiger partial charge in [-0.2, -0.15) is 0 Å². The molecular formula is C19H20N6OS. The first-order valence-corrected chi connectivity index (χ1v) is 9.93. The van der Waals surface area contributed by atoms with Gasteiger partial charge >= 0.3 is 0 Å². The molecule has 1 atom stereocenters. The normalized spacial score (nSPS) is 16.4. The molecule has 3 aromatic heterocycles. The van der Waals surface area contributed by atoms with Crippen LogP contribution in [-0.4, -0.2) is 42.4 Å². The molecule has 0 saturated heterocycles. The lowest BCUT2D eigenvalue weighted by Gasteiger charge is -2.16. The zero-order valence-electron chi connectivity index (χ0n) is 14.8. The van der Waals surface area contributed by atoms with E-state index in [0.717, 1.165) is 47.9 Å². The minimum absolute atomic E-state index is 0.0620. The predicted octanol–water partition coefficient (Wildman–Crippen LogP) is 2.35. The number of aryl methyl sites for hydroxylation is 1. The second kappa shape index (κ2) is 8.30. The van der Waals surface area contributed by atoms with Gasteiger partial charge in [-0.05, 0) is 37.1 Å². The molecule has 1 aliphatic heterocycles. The summed E-state index contributed by atoms with van der Waals surface area (Å²) in [6.45, 7) is 0.787. The summed E-state index contributed by atoms with van der Waals surface area (Å²) >= 11 is 1.52. The maximum absolute atomic E-state index is 12.3. The summed E-state index contributed by atoms with van der Waals surface area (Å²) in [7, 11) is 0. The highest BCUT2D eigenvalue weighted by Crippen LogP contribution is 2.22. The maximum atomic E-state index is 12.3. The van der Waals surface area contributed by atoms with Crippen LogP contribution in [-0.2, 0) is 17.8 Å². The van der Waals surface area contributed by atoms with Crippen molar-refractivity contribution in [1.82, 2.24) is 30.0 Å². The third-order valence-electron chi connectivity index (χ3n) is 4.55. The standard InChI is InChI=1S/C19H20N6OS/c26-18(13-27-16-5-9-20-10-6-16)22-15-3-4-17-23-24-19(25(17)11-7-15)14-2-1-8-21-12-14/h1-2,5-6,8-10,12,15H,3-4,7,11,13H2,(H,22,26). The SMILES string of the molecule is O=C(CSc1ccncc1)NC1CCc2nnc(-c3cccnc3)n2CC1. The summed E-state index contributed by atoms with van der Waals surface area (Å²) in [4.78, 5) is 21.5. The lowest BCUT2D eigenvalue weighted by molar-refractivity contribution is -0.119. The maximum Gasteiger partial charge on any atom is 0.230 e. The van der Waals surface area contributed by atoms with E-state index in [1.807, 2.05) is 24.3 Å². The number of carbonyl (C=O) groups is 1. The molecule has 1 unspecified atom stereocenters. The number of hydrogen-bond donors (Lipinski definition) is 1. The summed E-state index contributed by atoms with van der Waals surface area (Å²) in [6, 6.07) is 7.87. The van der Waals surface area contributed by atoms with Crippen molar-refractivity contribution in [2.75, 3.05) is 5.75 Å². The van der Waals surface area contributed by atoms with E-state index < -0.39 is 0 Å². The van der Waals surface area contributed by atoms with Gasteiger partial charge in [-0.3, -0.25) is 14.8 Å². The van der Waals surface area contributed by atoms with Crippen molar-refractivity contribution >= 4 is 17.7 Å². The van der Waals surface area contributed by atoms with Crippen LogP contribution in [0.2, 0.25) is 0 Å². The Morgan fingerprint density at radius 2 is 2.04 bits per heavy atom. The number of nitrogens with zero attached hydrogens (tertiary/aromatic N) is 5. The van der Waals surface area contributed by atoms with Crippen LogP contribution in [0.3, 0.4) is 0 Å². The van der Waals surface area contributed by atoms with E-state index in [1.165, 1.54) is 11.8 Å². The molecule has 27 heavy (non-hydrogen) atoms. The molecule has 0 bridgehead atoms. The smallest absolute Gasteiger partial charge is 0.230 e. The zero-order valence-corrected chi connectivity index (χ0v) is 15.6. The van der Waals surface area contributed by atoms with E-state index in [1.54, 1.807) is 24.8 Å². The summed E-state index contributed by atoms with van der Waals surface area (Å²) in [5.74, 6) is 2.29. The van der Waals surface area contributed by atoms with E-state index in [4.69, 9.17) is 0 Å². The van der Waals surface area contributed by atoms with E-state index in [2.05, 4.69) is 30.0 Å². The molecule has 4 rings (SSSR count). The van der Waals surface area contributed by atoms with Crippen LogP contribution in [0.4, 0.5) is 0 Å². The largest absolute Gasteiger partial charge is 0.353 e. The van der Waals surface area contributed by atoms with Crippen molar-refractivity contribution in [3.8, 4) is 11.4 Å². The number of pyridine rings is 2. The molecule has 7 nitrogen and oxygen atoms in total. The van der Waals surface area contributed by atoms with Crippen LogP contribution in [0, 0.1) is 0 Å². The second-order valence-corrected chi connectivity index (χ2v) is 7.45. The minimum atomic E-state index is 0.0620. The first-order chi connectivity index (χ1) is 13.3. The van der Waals surface area contributed by atoms with Gasteiger partial charge in [0, 0.05) is 54.3 Å².